The number of aliphatic hydroxyl groups excluding tert-OH is 1. The molecule has 2 rings (SSSR count). The lowest BCUT2D eigenvalue weighted by atomic mass is 9.69. The maximum Gasteiger partial charge on any atom is 0.0459 e. The van der Waals surface area contributed by atoms with Gasteiger partial charge in [-0.3, -0.25) is 0 Å². The average molecular weight is 278 g/mol. The average Bonchev–Trinajstić information content (AvgIpc) is 2.52. The van der Waals surface area contributed by atoms with Crippen molar-refractivity contribution in [3.05, 3.63) is 12.2 Å². The highest BCUT2D eigenvalue weighted by Gasteiger charge is 2.29. The van der Waals surface area contributed by atoms with Gasteiger partial charge in [-0.1, -0.05) is 31.9 Å². The van der Waals surface area contributed by atoms with Crippen LogP contribution >= 0.6 is 0 Å². The molecule has 0 bridgehead atoms. The Morgan fingerprint density at radius 3 is 2.05 bits per heavy atom. The molecule has 20 heavy (non-hydrogen) atoms. The lowest BCUT2D eigenvalue weighted by Gasteiger charge is -2.37. The van der Waals surface area contributed by atoms with Crippen molar-refractivity contribution >= 4 is 0 Å². The maximum atomic E-state index is 9.24. The summed E-state index contributed by atoms with van der Waals surface area (Å²) in [5.41, 5.74) is 0. The van der Waals surface area contributed by atoms with Crippen LogP contribution in [0.25, 0.3) is 0 Å². The number of allylic oxidation sites excluding steroid dienone is 2. The largest absolute Gasteiger partial charge is 0.396 e. The van der Waals surface area contributed by atoms with Crippen molar-refractivity contribution in [1.29, 1.82) is 0 Å². The summed E-state index contributed by atoms with van der Waals surface area (Å²) in [5, 5.41) is 9.24. The van der Waals surface area contributed by atoms with Crippen LogP contribution in [0.15, 0.2) is 12.2 Å². The predicted octanol–water partition coefficient (Wildman–Crippen LogP) is 5.34. The van der Waals surface area contributed by atoms with Crippen LogP contribution in [0, 0.1) is 23.7 Å². The molecular formula is C19H34O. The third kappa shape index (κ3) is 4.91. The van der Waals surface area contributed by atoms with E-state index in [1.165, 1.54) is 70.6 Å². The second-order valence-corrected chi connectivity index (χ2v) is 7.21. The molecule has 2 saturated carbocycles. The van der Waals surface area contributed by atoms with Crippen LogP contribution in [0.3, 0.4) is 0 Å². The molecule has 0 aromatic heterocycles. The third-order valence-electron chi connectivity index (χ3n) is 5.77. The summed E-state index contributed by atoms with van der Waals surface area (Å²) in [6.07, 6.45) is 20.0. The Morgan fingerprint density at radius 2 is 1.50 bits per heavy atom. The minimum absolute atomic E-state index is 0.419. The molecule has 0 aliphatic heterocycles. The lowest BCUT2D eigenvalue weighted by Crippen LogP contribution is -2.26. The molecule has 116 valence electrons. The standard InChI is InChI=1S/C19H34O/c1-2-3-4-5-6-16-7-11-18(12-8-16)19-13-9-17(15-20)10-14-19/h5-6,16-20H,2-4,7-15H2,1H3. The third-order valence-corrected chi connectivity index (χ3v) is 5.77. The zero-order chi connectivity index (χ0) is 14.2. The van der Waals surface area contributed by atoms with Crippen LogP contribution in [-0.4, -0.2) is 11.7 Å². The molecule has 0 unspecified atom stereocenters. The summed E-state index contributed by atoms with van der Waals surface area (Å²) in [6, 6.07) is 0. The number of aliphatic hydroxyl groups is 1. The van der Waals surface area contributed by atoms with Gasteiger partial charge in [0.25, 0.3) is 0 Å². The first-order chi connectivity index (χ1) is 9.83. The van der Waals surface area contributed by atoms with Crippen molar-refractivity contribution in [2.24, 2.45) is 23.7 Å². The molecule has 0 saturated heterocycles. The van der Waals surface area contributed by atoms with Crippen molar-refractivity contribution in [2.45, 2.75) is 77.6 Å². The SMILES string of the molecule is CCCCC=CC1CCC(C2CCC(CO)CC2)CC1. The summed E-state index contributed by atoms with van der Waals surface area (Å²) in [6.45, 7) is 2.69. The predicted molar refractivity (Wildman–Crippen MR) is 86.6 cm³/mol. The first-order valence-corrected chi connectivity index (χ1v) is 9.11. The fourth-order valence-corrected chi connectivity index (χ4v) is 4.26. The highest BCUT2D eigenvalue weighted by atomic mass is 16.3. The van der Waals surface area contributed by atoms with E-state index in [-0.39, 0.29) is 0 Å². The Bertz CT molecular complexity index is 267. The van der Waals surface area contributed by atoms with Crippen LogP contribution in [0.5, 0.6) is 0 Å². The van der Waals surface area contributed by atoms with Gasteiger partial charge in [-0.15, -0.1) is 0 Å². The van der Waals surface area contributed by atoms with Gasteiger partial charge in [0.2, 0.25) is 0 Å². The first kappa shape index (κ1) is 16.1. The minimum Gasteiger partial charge on any atom is -0.396 e. The van der Waals surface area contributed by atoms with E-state index in [0.29, 0.717) is 12.5 Å². The number of unbranched alkanes of at least 4 members (excludes halogenated alkanes) is 2. The van der Waals surface area contributed by atoms with Crippen molar-refractivity contribution in [3.8, 4) is 0 Å². The topological polar surface area (TPSA) is 20.2 Å². The van der Waals surface area contributed by atoms with Gasteiger partial charge in [-0.05, 0) is 81.5 Å². The molecule has 2 aliphatic carbocycles. The zero-order valence-electron chi connectivity index (χ0n) is 13.4. The Labute approximate surface area is 125 Å². The van der Waals surface area contributed by atoms with Crippen molar-refractivity contribution in [1.82, 2.24) is 0 Å². The van der Waals surface area contributed by atoms with Gasteiger partial charge in [0.1, 0.15) is 0 Å². The van der Waals surface area contributed by atoms with E-state index in [2.05, 4.69) is 19.1 Å². The molecule has 0 atom stereocenters. The molecule has 0 amide bonds. The van der Waals surface area contributed by atoms with E-state index >= 15 is 0 Å². The van der Waals surface area contributed by atoms with Crippen LogP contribution in [0.4, 0.5) is 0 Å². The minimum atomic E-state index is 0.419. The van der Waals surface area contributed by atoms with Crippen molar-refractivity contribution in [2.75, 3.05) is 6.61 Å². The molecule has 0 aromatic rings. The molecule has 0 spiro atoms. The molecular weight excluding hydrogens is 244 g/mol. The molecule has 0 radical (unpaired) electrons. The van der Waals surface area contributed by atoms with Crippen molar-refractivity contribution in [3.63, 3.8) is 0 Å². The van der Waals surface area contributed by atoms with Crippen LogP contribution in [0.1, 0.15) is 77.6 Å². The molecule has 0 heterocycles. The monoisotopic (exact) mass is 278 g/mol. The van der Waals surface area contributed by atoms with Gasteiger partial charge in [-0.2, -0.15) is 0 Å². The van der Waals surface area contributed by atoms with Gasteiger partial charge < -0.3 is 5.11 Å². The lowest BCUT2D eigenvalue weighted by molar-refractivity contribution is 0.122. The van der Waals surface area contributed by atoms with E-state index in [9.17, 15) is 5.11 Å². The maximum absolute atomic E-state index is 9.24. The van der Waals surface area contributed by atoms with Crippen molar-refractivity contribution < 1.29 is 5.11 Å². The highest BCUT2D eigenvalue weighted by Crippen LogP contribution is 2.41. The Kier molecular flexibility index (Phi) is 7.13. The summed E-state index contributed by atoms with van der Waals surface area (Å²) in [7, 11) is 0. The van der Waals surface area contributed by atoms with E-state index in [1.807, 2.05) is 0 Å². The molecule has 1 heteroatoms. The molecule has 2 fully saturated rings. The van der Waals surface area contributed by atoms with Crippen LogP contribution in [0.2, 0.25) is 0 Å². The quantitative estimate of drug-likeness (QED) is 0.514. The summed E-state index contributed by atoms with van der Waals surface area (Å²) in [5.74, 6) is 3.46. The van der Waals surface area contributed by atoms with E-state index < -0.39 is 0 Å². The molecule has 0 aromatic carbocycles. The number of hydrogen-bond acceptors (Lipinski definition) is 1. The molecule has 1 nitrogen and oxygen atoms in total. The van der Waals surface area contributed by atoms with E-state index in [0.717, 1.165) is 17.8 Å². The fraction of sp³-hybridized carbons (Fsp3) is 0.895. The van der Waals surface area contributed by atoms with E-state index in [4.69, 9.17) is 0 Å². The number of rotatable bonds is 6. The molecule has 2 aliphatic rings. The van der Waals surface area contributed by atoms with Gasteiger partial charge in [0, 0.05) is 6.61 Å². The van der Waals surface area contributed by atoms with Gasteiger partial charge >= 0.3 is 0 Å². The number of hydrogen-bond donors (Lipinski definition) is 1. The normalized spacial score (nSPS) is 35.5. The Morgan fingerprint density at radius 1 is 0.900 bits per heavy atom. The van der Waals surface area contributed by atoms with Gasteiger partial charge in [0.05, 0.1) is 0 Å². The molecule has 1 N–H and O–H groups in total. The van der Waals surface area contributed by atoms with Gasteiger partial charge in [-0.25, -0.2) is 0 Å². The smallest absolute Gasteiger partial charge is 0.0459 e. The Hall–Kier alpha value is -0.300. The second-order valence-electron chi connectivity index (χ2n) is 7.21. The summed E-state index contributed by atoms with van der Waals surface area (Å²) in [4.78, 5) is 0. The van der Waals surface area contributed by atoms with Crippen LogP contribution in [-0.2, 0) is 0 Å². The second kappa shape index (κ2) is 8.87. The highest BCUT2D eigenvalue weighted by molar-refractivity contribution is 4.92. The van der Waals surface area contributed by atoms with Gasteiger partial charge in [0.15, 0.2) is 0 Å². The Balaban J connectivity index is 1.65. The summed E-state index contributed by atoms with van der Waals surface area (Å²) >= 11 is 0. The zero-order valence-corrected chi connectivity index (χ0v) is 13.4. The van der Waals surface area contributed by atoms with Crippen LogP contribution < -0.4 is 0 Å². The summed E-state index contributed by atoms with van der Waals surface area (Å²) < 4.78 is 0. The first-order valence-electron chi connectivity index (χ1n) is 9.11. The van der Waals surface area contributed by atoms with E-state index in [1.54, 1.807) is 0 Å². The fourth-order valence-electron chi connectivity index (χ4n) is 4.26.